The van der Waals surface area contributed by atoms with E-state index in [1.807, 2.05) is 12.1 Å². The Morgan fingerprint density at radius 3 is 2.53 bits per heavy atom. The zero-order chi connectivity index (χ0) is 11.3. The molecular weight excluding hydrogens is 188 g/mol. The highest BCUT2D eigenvalue weighted by atomic mass is 15.2. The Kier molecular flexibility index (Phi) is 4.03. The second kappa shape index (κ2) is 5.07. The molecule has 1 rings (SSSR count). The molecular formula is C11H20N4. The molecule has 0 unspecified atom stereocenters. The summed E-state index contributed by atoms with van der Waals surface area (Å²) >= 11 is 0. The van der Waals surface area contributed by atoms with Gasteiger partial charge in [-0.05, 0) is 45.4 Å². The summed E-state index contributed by atoms with van der Waals surface area (Å²) in [4.78, 5) is 0. The van der Waals surface area contributed by atoms with Crippen LogP contribution in [0.1, 0.15) is 32.9 Å². The van der Waals surface area contributed by atoms with E-state index in [9.17, 15) is 0 Å². The number of anilines is 1. The summed E-state index contributed by atoms with van der Waals surface area (Å²) in [6.45, 7) is 6.94. The largest absolute Gasteiger partial charge is 0.364 e. The summed E-state index contributed by atoms with van der Waals surface area (Å²) in [6.07, 6.45) is 1.82. The van der Waals surface area contributed by atoms with E-state index >= 15 is 0 Å². The Bertz CT molecular complexity index is 292. The first-order valence-electron chi connectivity index (χ1n) is 5.38. The molecule has 0 aliphatic rings. The number of nitrogens with one attached hydrogen (secondary N) is 1. The molecule has 1 aromatic heterocycles. The smallest absolute Gasteiger partial charge is 0.149 e. The van der Waals surface area contributed by atoms with Gasteiger partial charge in [-0.1, -0.05) is 6.92 Å². The minimum Gasteiger partial charge on any atom is -0.364 e. The van der Waals surface area contributed by atoms with Crippen molar-refractivity contribution in [3.8, 4) is 0 Å². The van der Waals surface area contributed by atoms with E-state index in [1.54, 1.807) is 0 Å². The molecule has 0 aromatic carbocycles. The van der Waals surface area contributed by atoms with Crippen molar-refractivity contribution < 1.29 is 0 Å². The highest BCUT2D eigenvalue weighted by Crippen LogP contribution is 2.14. The van der Waals surface area contributed by atoms with E-state index in [1.165, 1.54) is 0 Å². The van der Waals surface area contributed by atoms with Crippen LogP contribution in [0.25, 0.3) is 0 Å². The minimum absolute atomic E-state index is 0.0306. The molecule has 0 radical (unpaired) electrons. The molecule has 0 amide bonds. The first-order chi connectivity index (χ1) is 7.07. The Hall–Kier alpha value is -1.16. The number of hydrogen-bond donors (Lipinski definition) is 2. The van der Waals surface area contributed by atoms with Crippen LogP contribution in [0.2, 0.25) is 0 Å². The van der Waals surface area contributed by atoms with Gasteiger partial charge in [0, 0.05) is 5.54 Å². The predicted octanol–water partition coefficient (Wildman–Crippen LogP) is 1.58. The molecule has 3 N–H and O–H groups in total. The van der Waals surface area contributed by atoms with E-state index in [4.69, 9.17) is 5.73 Å². The lowest BCUT2D eigenvalue weighted by Gasteiger charge is -2.25. The molecule has 0 aliphatic carbocycles. The standard InChI is InChI=1S/C11H20N4/c1-4-9-5-6-10(15-14-9)13-11(2,3)7-8-12/h5-6H,4,7-8,12H2,1-3H3,(H,13,15). The summed E-state index contributed by atoms with van der Waals surface area (Å²) in [5.74, 6) is 0.811. The van der Waals surface area contributed by atoms with Gasteiger partial charge in [-0.15, -0.1) is 5.10 Å². The summed E-state index contributed by atoms with van der Waals surface area (Å²) in [5.41, 5.74) is 6.52. The van der Waals surface area contributed by atoms with Crippen molar-refractivity contribution in [3.05, 3.63) is 17.8 Å². The molecule has 1 aromatic rings. The summed E-state index contributed by atoms with van der Waals surface area (Å²) in [7, 11) is 0. The molecule has 0 saturated heterocycles. The molecule has 0 atom stereocenters. The van der Waals surface area contributed by atoms with Gasteiger partial charge in [0.15, 0.2) is 0 Å². The monoisotopic (exact) mass is 208 g/mol. The van der Waals surface area contributed by atoms with Crippen molar-refractivity contribution in [1.82, 2.24) is 10.2 Å². The zero-order valence-corrected chi connectivity index (χ0v) is 9.75. The van der Waals surface area contributed by atoms with Crippen LogP contribution in [0.15, 0.2) is 12.1 Å². The summed E-state index contributed by atoms with van der Waals surface area (Å²) in [5, 5.41) is 11.5. The SMILES string of the molecule is CCc1ccc(NC(C)(C)CCN)nn1. The average Bonchev–Trinajstić information content (AvgIpc) is 2.18. The Morgan fingerprint density at radius 1 is 1.33 bits per heavy atom. The lowest BCUT2D eigenvalue weighted by atomic mass is 10.0. The van der Waals surface area contributed by atoms with Crippen LogP contribution in [-0.2, 0) is 6.42 Å². The highest BCUT2D eigenvalue weighted by Gasteiger charge is 2.16. The van der Waals surface area contributed by atoms with E-state index in [2.05, 4.69) is 36.3 Å². The van der Waals surface area contributed by atoms with Gasteiger partial charge in [0.1, 0.15) is 5.82 Å². The molecule has 1 heterocycles. The van der Waals surface area contributed by atoms with Crippen LogP contribution < -0.4 is 11.1 Å². The maximum Gasteiger partial charge on any atom is 0.149 e. The second-order valence-corrected chi connectivity index (χ2v) is 4.31. The van der Waals surface area contributed by atoms with Gasteiger partial charge in [-0.2, -0.15) is 5.10 Å². The predicted molar refractivity (Wildman–Crippen MR) is 62.8 cm³/mol. The van der Waals surface area contributed by atoms with Gasteiger partial charge < -0.3 is 11.1 Å². The van der Waals surface area contributed by atoms with Crippen molar-refractivity contribution in [2.75, 3.05) is 11.9 Å². The minimum atomic E-state index is -0.0306. The second-order valence-electron chi connectivity index (χ2n) is 4.31. The maximum atomic E-state index is 5.54. The quantitative estimate of drug-likeness (QED) is 0.771. The van der Waals surface area contributed by atoms with Crippen LogP contribution in [0.4, 0.5) is 5.82 Å². The van der Waals surface area contributed by atoms with E-state index < -0.39 is 0 Å². The number of aryl methyl sites for hydroxylation is 1. The normalized spacial score (nSPS) is 11.5. The lowest BCUT2D eigenvalue weighted by Crippen LogP contribution is -2.33. The molecule has 84 valence electrons. The van der Waals surface area contributed by atoms with Gasteiger partial charge in [-0.3, -0.25) is 0 Å². The van der Waals surface area contributed by atoms with Crippen molar-refractivity contribution in [2.24, 2.45) is 5.73 Å². The fourth-order valence-electron chi connectivity index (χ4n) is 1.39. The van der Waals surface area contributed by atoms with E-state index in [0.717, 1.165) is 24.4 Å². The number of hydrogen-bond acceptors (Lipinski definition) is 4. The van der Waals surface area contributed by atoms with Crippen LogP contribution >= 0.6 is 0 Å². The van der Waals surface area contributed by atoms with Gasteiger partial charge in [0.25, 0.3) is 0 Å². The fraction of sp³-hybridized carbons (Fsp3) is 0.636. The topological polar surface area (TPSA) is 63.8 Å². The molecule has 0 spiro atoms. The average molecular weight is 208 g/mol. The summed E-state index contributed by atoms with van der Waals surface area (Å²) in [6, 6.07) is 3.96. The first kappa shape index (κ1) is 11.9. The molecule has 4 nitrogen and oxygen atoms in total. The van der Waals surface area contributed by atoms with Crippen LogP contribution in [-0.4, -0.2) is 22.3 Å². The molecule has 0 bridgehead atoms. The highest BCUT2D eigenvalue weighted by molar-refractivity contribution is 5.35. The van der Waals surface area contributed by atoms with Gasteiger partial charge >= 0.3 is 0 Å². The molecule has 4 heteroatoms. The van der Waals surface area contributed by atoms with Crippen molar-refractivity contribution in [3.63, 3.8) is 0 Å². The van der Waals surface area contributed by atoms with Crippen LogP contribution in [0.5, 0.6) is 0 Å². The zero-order valence-electron chi connectivity index (χ0n) is 9.75. The van der Waals surface area contributed by atoms with Crippen LogP contribution in [0, 0.1) is 0 Å². The number of aromatic nitrogens is 2. The van der Waals surface area contributed by atoms with E-state index in [-0.39, 0.29) is 5.54 Å². The Morgan fingerprint density at radius 2 is 2.07 bits per heavy atom. The summed E-state index contributed by atoms with van der Waals surface area (Å²) < 4.78 is 0. The molecule has 0 saturated carbocycles. The van der Waals surface area contributed by atoms with Crippen molar-refractivity contribution in [2.45, 2.75) is 39.2 Å². The van der Waals surface area contributed by atoms with Gasteiger partial charge in [0.2, 0.25) is 0 Å². The number of nitrogens with zero attached hydrogens (tertiary/aromatic N) is 2. The maximum absolute atomic E-state index is 5.54. The van der Waals surface area contributed by atoms with Crippen molar-refractivity contribution >= 4 is 5.82 Å². The lowest BCUT2D eigenvalue weighted by molar-refractivity contribution is 0.523. The fourth-order valence-corrected chi connectivity index (χ4v) is 1.39. The van der Waals surface area contributed by atoms with Gasteiger partial charge in [0.05, 0.1) is 5.69 Å². The molecule has 0 fully saturated rings. The Balaban J connectivity index is 2.64. The Labute approximate surface area is 91.3 Å². The van der Waals surface area contributed by atoms with E-state index in [0.29, 0.717) is 6.54 Å². The molecule has 0 aliphatic heterocycles. The van der Waals surface area contributed by atoms with Crippen LogP contribution in [0.3, 0.4) is 0 Å². The third-order valence-corrected chi connectivity index (χ3v) is 2.32. The third kappa shape index (κ3) is 3.83. The number of rotatable bonds is 5. The van der Waals surface area contributed by atoms with Crippen molar-refractivity contribution in [1.29, 1.82) is 0 Å². The van der Waals surface area contributed by atoms with Gasteiger partial charge in [-0.25, -0.2) is 0 Å². The third-order valence-electron chi connectivity index (χ3n) is 2.32. The number of nitrogens with two attached hydrogens (primary N) is 1. The molecule has 15 heavy (non-hydrogen) atoms. The first-order valence-corrected chi connectivity index (χ1v) is 5.38.